The highest BCUT2D eigenvalue weighted by Gasteiger charge is 2.46. The largest absolute Gasteiger partial charge is 0.479 e. The number of hydrogen-bond acceptors (Lipinski definition) is 5. The average Bonchev–Trinajstić information content (AvgIpc) is 2.23. The molecule has 1 fully saturated rings. The molecular formula is C12H22O6. The second kappa shape index (κ2) is 5.52. The van der Waals surface area contributed by atoms with E-state index in [1.165, 1.54) is 0 Å². The maximum atomic E-state index is 10.9. The molecule has 1 aliphatic heterocycles. The average molecular weight is 262 g/mol. The minimum absolute atomic E-state index is 0.124. The third kappa shape index (κ3) is 3.65. The van der Waals surface area contributed by atoms with Crippen LogP contribution < -0.4 is 0 Å². The number of aliphatic carboxylic acids is 1. The zero-order chi connectivity index (χ0) is 14.1. The van der Waals surface area contributed by atoms with Gasteiger partial charge in [-0.15, -0.1) is 0 Å². The Kier molecular flexibility index (Phi) is 4.72. The summed E-state index contributed by atoms with van der Waals surface area (Å²) in [6.45, 7) is 7.75. The summed E-state index contributed by atoms with van der Waals surface area (Å²) in [6, 6.07) is 0. The van der Waals surface area contributed by atoms with Gasteiger partial charge < -0.3 is 24.8 Å². The third-order valence-electron chi connectivity index (χ3n) is 2.87. The van der Waals surface area contributed by atoms with Crippen molar-refractivity contribution < 1.29 is 29.6 Å². The minimum Gasteiger partial charge on any atom is -0.479 e. The molecule has 0 unspecified atom stereocenters. The number of aliphatic hydroxyl groups excluding tert-OH is 2. The highest BCUT2D eigenvalue weighted by molar-refractivity contribution is 5.73. The first-order valence-electron chi connectivity index (χ1n) is 5.99. The molecule has 0 aromatic heterocycles. The van der Waals surface area contributed by atoms with Gasteiger partial charge in [-0.3, -0.25) is 0 Å². The number of ether oxygens (including phenoxy) is 2. The Morgan fingerprint density at radius 1 is 1.28 bits per heavy atom. The lowest BCUT2D eigenvalue weighted by molar-refractivity contribution is -0.285. The molecule has 0 amide bonds. The highest BCUT2D eigenvalue weighted by atomic mass is 16.7. The van der Waals surface area contributed by atoms with E-state index in [1.807, 2.05) is 20.8 Å². The Balaban J connectivity index is 2.70. The van der Waals surface area contributed by atoms with Gasteiger partial charge >= 0.3 is 5.97 Å². The number of rotatable bonds is 3. The number of carboxylic acid groups (broad SMARTS) is 1. The zero-order valence-electron chi connectivity index (χ0n) is 11.2. The smallest absolute Gasteiger partial charge is 0.335 e. The van der Waals surface area contributed by atoms with Crippen molar-refractivity contribution >= 4 is 5.97 Å². The van der Waals surface area contributed by atoms with Crippen LogP contribution in [0.3, 0.4) is 0 Å². The molecule has 0 spiro atoms. The lowest BCUT2D eigenvalue weighted by atomic mass is 9.90. The maximum Gasteiger partial charge on any atom is 0.335 e. The third-order valence-corrected chi connectivity index (χ3v) is 2.87. The topological polar surface area (TPSA) is 96.2 Å². The first-order chi connectivity index (χ1) is 8.13. The summed E-state index contributed by atoms with van der Waals surface area (Å²) in [5.74, 6) is -1.88. The summed E-state index contributed by atoms with van der Waals surface area (Å²) < 4.78 is 10.5. The normalized spacial score (nSPS) is 37.6. The second-order valence-electron chi connectivity index (χ2n) is 5.98. The molecule has 6 heteroatoms. The van der Waals surface area contributed by atoms with Crippen LogP contribution in [0, 0.1) is 11.3 Å². The van der Waals surface area contributed by atoms with E-state index in [-0.39, 0.29) is 5.41 Å². The molecule has 6 nitrogen and oxygen atoms in total. The van der Waals surface area contributed by atoms with E-state index >= 15 is 0 Å². The van der Waals surface area contributed by atoms with Crippen LogP contribution in [0.25, 0.3) is 0 Å². The van der Waals surface area contributed by atoms with E-state index in [0.29, 0.717) is 6.61 Å². The van der Waals surface area contributed by atoms with Crippen LogP contribution in [0.15, 0.2) is 0 Å². The van der Waals surface area contributed by atoms with Crippen LogP contribution in [0.4, 0.5) is 0 Å². The van der Waals surface area contributed by atoms with E-state index in [2.05, 4.69) is 0 Å². The van der Waals surface area contributed by atoms with Crippen LogP contribution in [0.1, 0.15) is 27.7 Å². The Labute approximate surface area is 107 Å². The fourth-order valence-corrected chi connectivity index (χ4v) is 1.71. The van der Waals surface area contributed by atoms with E-state index in [0.717, 1.165) is 0 Å². The fraction of sp³-hybridized carbons (Fsp3) is 0.917. The van der Waals surface area contributed by atoms with Crippen molar-refractivity contribution in [2.75, 3.05) is 6.61 Å². The molecule has 1 saturated heterocycles. The lowest BCUT2D eigenvalue weighted by Gasteiger charge is -2.40. The predicted octanol–water partition coefficient (Wildman–Crippen LogP) is 0.216. The summed E-state index contributed by atoms with van der Waals surface area (Å²) >= 11 is 0. The van der Waals surface area contributed by atoms with Gasteiger partial charge in [-0.1, -0.05) is 27.7 Å². The summed E-state index contributed by atoms with van der Waals surface area (Å²) in [4.78, 5) is 10.9. The van der Waals surface area contributed by atoms with E-state index < -0.39 is 36.5 Å². The van der Waals surface area contributed by atoms with Gasteiger partial charge in [-0.25, -0.2) is 4.79 Å². The first-order valence-corrected chi connectivity index (χ1v) is 5.99. The van der Waals surface area contributed by atoms with Crippen molar-refractivity contribution in [1.29, 1.82) is 0 Å². The molecule has 0 radical (unpaired) electrons. The van der Waals surface area contributed by atoms with Crippen molar-refractivity contribution in [3.05, 3.63) is 0 Å². The second-order valence-corrected chi connectivity index (χ2v) is 5.98. The quantitative estimate of drug-likeness (QED) is 0.673. The van der Waals surface area contributed by atoms with Crippen molar-refractivity contribution in [2.24, 2.45) is 11.3 Å². The summed E-state index contributed by atoms with van der Waals surface area (Å²) in [5, 5.41) is 28.5. The van der Waals surface area contributed by atoms with E-state index in [9.17, 15) is 15.0 Å². The Bertz CT molecular complexity index is 297. The monoisotopic (exact) mass is 262 g/mol. The molecule has 5 atom stereocenters. The summed E-state index contributed by atoms with van der Waals surface area (Å²) in [6.07, 6.45) is -4.68. The van der Waals surface area contributed by atoms with Crippen LogP contribution in [0.5, 0.6) is 0 Å². The van der Waals surface area contributed by atoms with Crippen LogP contribution in [-0.2, 0) is 14.3 Å². The predicted molar refractivity (Wildman–Crippen MR) is 62.9 cm³/mol. The molecule has 1 rings (SSSR count). The number of carbonyl (C=O) groups is 1. The molecule has 0 aromatic rings. The molecule has 1 heterocycles. The zero-order valence-corrected chi connectivity index (χ0v) is 11.2. The van der Waals surface area contributed by atoms with Crippen molar-refractivity contribution in [3.63, 3.8) is 0 Å². The number of aliphatic hydroxyl groups is 2. The SMILES string of the molecule is C[C@@H]1[C@@H](O)[C@H](OCC(C)(C)C)O[C@H](C(=O)O)[C@H]1O. The molecule has 0 saturated carbocycles. The molecule has 18 heavy (non-hydrogen) atoms. The molecule has 3 N–H and O–H groups in total. The van der Waals surface area contributed by atoms with Gasteiger partial charge in [0.2, 0.25) is 0 Å². The van der Waals surface area contributed by atoms with E-state index in [1.54, 1.807) is 6.92 Å². The standard InChI is InChI=1S/C12H22O6/c1-6-7(13)9(10(15)16)18-11(8(6)14)17-5-12(2,3)4/h6-9,11,13-14H,5H2,1-4H3,(H,15,16)/t6-,7-,8+,9-,11+/m0/s1. The van der Waals surface area contributed by atoms with Crippen molar-refractivity contribution in [2.45, 2.75) is 52.3 Å². The van der Waals surface area contributed by atoms with Crippen molar-refractivity contribution in [3.8, 4) is 0 Å². The van der Waals surface area contributed by atoms with Gasteiger partial charge in [0.1, 0.15) is 6.10 Å². The van der Waals surface area contributed by atoms with Gasteiger partial charge in [0.15, 0.2) is 12.4 Å². The number of hydrogen-bond donors (Lipinski definition) is 3. The van der Waals surface area contributed by atoms with Crippen molar-refractivity contribution in [1.82, 2.24) is 0 Å². The van der Waals surface area contributed by atoms with Crippen LogP contribution >= 0.6 is 0 Å². The Morgan fingerprint density at radius 3 is 2.28 bits per heavy atom. The Hall–Kier alpha value is -0.690. The van der Waals surface area contributed by atoms with Crippen LogP contribution in [-0.4, -0.2) is 52.5 Å². The molecule has 106 valence electrons. The molecule has 0 bridgehead atoms. The summed E-state index contributed by atoms with van der Waals surface area (Å²) in [5.41, 5.74) is -0.124. The first kappa shape index (κ1) is 15.4. The molecular weight excluding hydrogens is 240 g/mol. The molecule has 1 aliphatic rings. The molecule has 0 aliphatic carbocycles. The Morgan fingerprint density at radius 2 is 1.83 bits per heavy atom. The van der Waals surface area contributed by atoms with Gasteiger partial charge in [0.25, 0.3) is 0 Å². The fourth-order valence-electron chi connectivity index (χ4n) is 1.71. The van der Waals surface area contributed by atoms with Gasteiger partial charge in [0, 0.05) is 5.92 Å². The lowest BCUT2D eigenvalue weighted by Crippen LogP contribution is -2.56. The summed E-state index contributed by atoms with van der Waals surface area (Å²) in [7, 11) is 0. The number of carboxylic acids is 1. The molecule has 0 aromatic carbocycles. The van der Waals surface area contributed by atoms with Gasteiger partial charge in [-0.2, -0.15) is 0 Å². The highest BCUT2D eigenvalue weighted by Crippen LogP contribution is 2.28. The van der Waals surface area contributed by atoms with Gasteiger partial charge in [0.05, 0.1) is 12.7 Å². The van der Waals surface area contributed by atoms with Gasteiger partial charge in [-0.05, 0) is 5.41 Å². The van der Waals surface area contributed by atoms with E-state index in [4.69, 9.17) is 14.6 Å². The van der Waals surface area contributed by atoms with Crippen LogP contribution in [0.2, 0.25) is 0 Å². The minimum atomic E-state index is -1.37. The maximum absolute atomic E-state index is 10.9.